The molecule has 0 saturated carbocycles. The number of hydrogen-bond donors (Lipinski definition) is 2. The molecule has 6 nitrogen and oxygen atoms in total. The highest BCUT2D eigenvalue weighted by Crippen LogP contribution is 2.15. The molecule has 0 aromatic heterocycles. The first-order chi connectivity index (χ1) is 9.76. The molecule has 0 fully saturated rings. The molecule has 0 aliphatic carbocycles. The normalized spacial score (nSPS) is 13.0. The second-order valence-electron chi connectivity index (χ2n) is 5.16. The van der Waals surface area contributed by atoms with E-state index in [0.29, 0.717) is 18.2 Å². The van der Waals surface area contributed by atoms with E-state index in [9.17, 15) is 13.2 Å². The van der Waals surface area contributed by atoms with Gasteiger partial charge in [-0.2, -0.15) is 4.72 Å². The van der Waals surface area contributed by atoms with E-state index in [0.717, 1.165) is 0 Å². The molecule has 1 amide bonds. The van der Waals surface area contributed by atoms with Gasteiger partial charge in [-0.05, 0) is 37.1 Å². The van der Waals surface area contributed by atoms with Crippen LogP contribution in [0.2, 0.25) is 0 Å². The van der Waals surface area contributed by atoms with Gasteiger partial charge in [-0.1, -0.05) is 13.8 Å². The molecule has 1 rings (SSSR count). The highest BCUT2D eigenvalue weighted by Gasteiger charge is 2.21. The summed E-state index contributed by atoms with van der Waals surface area (Å²) < 4.78 is 31.6. The topological polar surface area (TPSA) is 84.5 Å². The third-order valence-electron chi connectivity index (χ3n) is 2.78. The molecule has 0 bridgehead atoms. The first-order valence-electron chi connectivity index (χ1n) is 6.70. The minimum atomic E-state index is -3.73. The summed E-state index contributed by atoms with van der Waals surface area (Å²) in [6.45, 7) is 5.95. The summed E-state index contributed by atoms with van der Waals surface area (Å²) in [5.41, 5.74) is 0. The predicted molar refractivity (Wildman–Crippen MR) is 80.6 cm³/mol. The van der Waals surface area contributed by atoms with Crippen molar-refractivity contribution in [2.24, 2.45) is 5.92 Å². The molecule has 0 heterocycles. The molecule has 0 saturated heterocycles. The zero-order valence-corrected chi connectivity index (χ0v) is 13.5. The zero-order chi connectivity index (χ0) is 16.0. The van der Waals surface area contributed by atoms with E-state index in [1.807, 2.05) is 13.8 Å². The average Bonchev–Trinajstić information content (AvgIpc) is 2.44. The third kappa shape index (κ3) is 5.35. The lowest BCUT2D eigenvalue weighted by Gasteiger charge is -2.15. The van der Waals surface area contributed by atoms with Crippen LogP contribution in [0.1, 0.15) is 20.8 Å². The van der Waals surface area contributed by atoms with E-state index in [4.69, 9.17) is 4.74 Å². The fourth-order valence-electron chi connectivity index (χ4n) is 1.57. The van der Waals surface area contributed by atoms with Gasteiger partial charge < -0.3 is 10.1 Å². The summed E-state index contributed by atoms with van der Waals surface area (Å²) >= 11 is 0. The average molecular weight is 314 g/mol. The van der Waals surface area contributed by atoms with Crippen molar-refractivity contribution in [3.63, 3.8) is 0 Å². The molecule has 0 aliphatic heterocycles. The van der Waals surface area contributed by atoms with Gasteiger partial charge in [-0.25, -0.2) is 8.42 Å². The Morgan fingerprint density at radius 1 is 1.19 bits per heavy atom. The van der Waals surface area contributed by atoms with Crippen molar-refractivity contribution in [3.8, 4) is 5.75 Å². The van der Waals surface area contributed by atoms with Gasteiger partial charge in [-0.3, -0.25) is 4.79 Å². The van der Waals surface area contributed by atoms with Crippen LogP contribution in [0, 0.1) is 5.92 Å². The Kier molecular flexibility index (Phi) is 6.17. The number of amides is 1. The number of benzene rings is 1. The van der Waals surface area contributed by atoms with E-state index in [2.05, 4.69) is 10.0 Å². The molecular weight excluding hydrogens is 292 g/mol. The number of methoxy groups -OCH3 is 1. The number of hydrogen-bond acceptors (Lipinski definition) is 4. The van der Waals surface area contributed by atoms with Crippen LogP contribution in [0.3, 0.4) is 0 Å². The molecule has 1 unspecified atom stereocenters. The highest BCUT2D eigenvalue weighted by atomic mass is 32.2. The highest BCUT2D eigenvalue weighted by molar-refractivity contribution is 7.89. The maximum absolute atomic E-state index is 12.2. The van der Waals surface area contributed by atoms with Crippen LogP contribution in [-0.4, -0.2) is 34.0 Å². The number of nitrogens with one attached hydrogen (secondary N) is 2. The Morgan fingerprint density at radius 2 is 1.76 bits per heavy atom. The van der Waals surface area contributed by atoms with E-state index in [1.54, 1.807) is 12.1 Å². The van der Waals surface area contributed by atoms with Gasteiger partial charge in [-0.15, -0.1) is 0 Å². The fraction of sp³-hybridized carbons (Fsp3) is 0.500. The Bertz CT molecular complexity index is 567. The lowest BCUT2D eigenvalue weighted by atomic mass is 10.2. The summed E-state index contributed by atoms with van der Waals surface area (Å²) in [7, 11) is -2.23. The largest absolute Gasteiger partial charge is 0.497 e. The summed E-state index contributed by atoms with van der Waals surface area (Å²) in [6, 6.07) is 5.13. The van der Waals surface area contributed by atoms with Crippen molar-refractivity contribution in [2.75, 3.05) is 13.7 Å². The maximum atomic E-state index is 12.2. The quantitative estimate of drug-likeness (QED) is 0.790. The number of carbonyl (C=O) groups excluding carboxylic acids is 1. The van der Waals surface area contributed by atoms with Crippen LogP contribution < -0.4 is 14.8 Å². The molecule has 1 atom stereocenters. The second-order valence-corrected chi connectivity index (χ2v) is 6.87. The van der Waals surface area contributed by atoms with Gasteiger partial charge >= 0.3 is 0 Å². The Morgan fingerprint density at radius 3 is 2.24 bits per heavy atom. The molecular formula is C14H22N2O4S. The molecule has 1 aromatic rings. The molecule has 0 radical (unpaired) electrons. The van der Waals surface area contributed by atoms with Crippen LogP contribution in [-0.2, 0) is 14.8 Å². The third-order valence-corrected chi connectivity index (χ3v) is 4.34. The van der Waals surface area contributed by atoms with Crippen molar-refractivity contribution in [3.05, 3.63) is 24.3 Å². The van der Waals surface area contributed by atoms with E-state index < -0.39 is 16.1 Å². The van der Waals surface area contributed by atoms with E-state index >= 15 is 0 Å². The maximum Gasteiger partial charge on any atom is 0.241 e. The molecule has 0 aliphatic rings. The van der Waals surface area contributed by atoms with Crippen molar-refractivity contribution < 1.29 is 17.9 Å². The predicted octanol–water partition coefficient (Wildman–Crippen LogP) is 1.13. The summed E-state index contributed by atoms with van der Waals surface area (Å²) in [5, 5.41) is 2.69. The molecule has 21 heavy (non-hydrogen) atoms. The monoisotopic (exact) mass is 314 g/mol. The Balaban J connectivity index is 2.72. The van der Waals surface area contributed by atoms with Crippen molar-refractivity contribution >= 4 is 15.9 Å². The van der Waals surface area contributed by atoms with E-state index in [1.165, 1.54) is 26.2 Å². The Hall–Kier alpha value is -1.60. The first kappa shape index (κ1) is 17.5. The van der Waals surface area contributed by atoms with Gasteiger partial charge in [0.15, 0.2) is 0 Å². The van der Waals surface area contributed by atoms with Gasteiger partial charge in [0, 0.05) is 6.54 Å². The number of rotatable bonds is 7. The standard InChI is InChI=1S/C14H22N2O4S/c1-10(2)9-15-14(17)11(3)16-21(18,19)13-7-5-12(20-4)6-8-13/h5-8,10-11,16H,9H2,1-4H3,(H,15,17). The number of ether oxygens (including phenoxy) is 1. The van der Waals surface area contributed by atoms with Gasteiger partial charge in [0.05, 0.1) is 18.0 Å². The lowest BCUT2D eigenvalue weighted by Crippen LogP contribution is -2.45. The molecule has 118 valence electrons. The number of sulfonamides is 1. The second kappa shape index (κ2) is 7.42. The van der Waals surface area contributed by atoms with E-state index in [-0.39, 0.29) is 10.8 Å². The molecule has 1 aromatic carbocycles. The van der Waals surface area contributed by atoms with Gasteiger partial charge in [0.2, 0.25) is 15.9 Å². The molecule has 0 spiro atoms. The van der Waals surface area contributed by atoms with Crippen LogP contribution in [0.25, 0.3) is 0 Å². The number of carbonyl (C=O) groups is 1. The summed E-state index contributed by atoms with van der Waals surface area (Å²) in [6.07, 6.45) is 0. The van der Waals surface area contributed by atoms with Gasteiger partial charge in [0.25, 0.3) is 0 Å². The summed E-state index contributed by atoms with van der Waals surface area (Å²) in [5.74, 6) is 0.525. The van der Waals surface area contributed by atoms with Crippen molar-refractivity contribution in [1.29, 1.82) is 0 Å². The van der Waals surface area contributed by atoms with Crippen LogP contribution in [0.15, 0.2) is 29.2 Å². The molecule has 7 heteroatoms. The summed E-state index contributed by atoms with van der Waals surface area (Å²) in [4.78, 5) is 11.9. The smallest absolute Gasteiger partial charge is 0.241 e. The van der Waals surface area contributed by atoms with Gasteiger partial charge in [0.1, 0.15) is 5.75 Å². The van der Waals surface area contributed by atoms with Crippen LogP contribution in [0.5, 0.6) is 5.75 Å². The van der Waals surface area contributed by atoms with Crippen molar-refractivity contribution in [2.45, 2.75) is 31.7 Å². The SMILES string of the molecule is COc1ccc(S(=O)(=O)NC(C)C(=O)NCC(C)C)cc1. The zero-order valence-electron chi connectivity index (χ0n) is 12.7. The fourth-order valence-corrected chi connectivity index (χ4v) is 2.77. The van der Waals surface area contributed by atoms with Crippen molar-refractivity contribution in [1.82, 2.24) is 10.0 Å². The minimum absolute atomic E-state index is 0.0896. The van der Waals surface area contributed by atoms with Crippen LogP contribution in [0.4, 0.5) is 0 Å². The first-order valence-corrected chi connectivity index (χ1v) is 8.18. The Labute approximate surface area is 125 Å². The van der Waals surface area contributed by atoms with Crippen LogP contribution >= 0.6 is 0 Å². The molecule has 2 N–H and O–H groups in total. The minimum Gasteiger partial charge on any atom is -0.497 e. The lowest BCUT2D eigenvalue weighted by molar-refractivity contribution is -0.122.